The second-order valence-electron chi connectivity index (χ2n) is 9.78. The molecule has 1 fully saturated rings. The fraction of sp³-hybridized carbons (Fsp3) is 0.345. The molecular formula is C29H32N6O2. The highest BCUT2D eigenvalue weighted by Crippen LogP contribution is 2.30. The van der Waals surface area contributed by atoms with Crippen LogP contribution >= 0.6 is 0 Å². The second kappa shape index (κ2) is 11.3. The Balaban J connectivity index is 1.39. The highest BCUT2D eigenvalue weighted by molar-refractivity contribution is 5.80. The molecule has 190 valence electrons. The molecule has 2 heterocycles. The summed E-state index contributed by atoms with van der Waals surface area (Å²) in [7, 11) is 0. The molecule has 0 bridgehead atoms. The Morgan fingerprint density at radius 1 is 1.05 bits per heavy atom. The molecule has 8 nitrogen and oxygen atoms in total. The number of tetrazole rings is 1. The van der Waals surface area contributed by atoms with Crippen molar-refractivity contribution in [2.45, 2.75) is 57.9 Å². The van der Waals surface area contributed by atoms with Gasteiger partial charge in [-0.15, -0.1) is 11.7 Å². The number of H-pyrrole nitrogens is 1. The lowest BCUT2D eigenvalue weighted by Crippen LogP contribution is -2.30. The van der Waals surface area contributed by atoms with Gasteiger partial charge in [0.2, 0.25) is 5.91 Å². The smallest absolute Gasteiger partial charge is 0.292 e. The van der Waals surface area contributed by atoms with Gasteiger partial charge in [-0.25, -0.2) is 14.5 Å². The molecule has 1 aliphatic rings. The van der Waals surface area contributed by atoms with E-state index in [1.807, 2.05) is 54.6 Å². The monoisotopic (exact) mass is 496 g/mol. The van der Waals surface area contributed by atoms with Crippen molar-refractivity contribution >= 4 is 5.91 Å². The van der Waals surface area contributed by atoms with Crippen LogP contribution in [0.4, 0.5) is 0 Å². The molecule has 2 aromatic carbocycles. The van der Waals surface area contributed by atoms with Gasteiger partial charge in [0.05, 0.1) is 6.54 Å². The topological polar surface area (TPSA) is 98.5 Å². The normalized spacial score (nSPS) is 14.1. The van der Waals surface area contributed by atoms with Crippen molar-refractivity contribution in [2.24, 2.45) is 5.92 Å². The van der Waals surface area contributed by atoms with E-state index in [4.69, 9.17) is 0 Å². The molecule has 0 unspecified atom stereocenters. The lowest BCUT2D eigenvalue weighted by molar-refractivity contribution is 0.0863. The maximum absolute atomic E-state index is 13.4. The molecule has 0 saturated heterocycles. The standard InChI is InChI=1S/C29H32N6O2/c1-2-3-11-24-20-35(27(36)18-21-9-5-4-6-10-21)29(37)34(24)19-22-14-16-23(17-15-22)25-12-7-8-13-26(25)28-30-32-33-31-28/h2,7-8,12-17,20-21H,1,3-6,9-11,18-19H2,(H,30,31,32,33). The van der Waals surface area contributed by atoms with E-state index < -0.39 is 0 Å². The lowest BCUT2D eigenvalue weighted by atomic mass is 9.87. The van der Waals surface area contributed by atoms with Crippen LogP contribution in [0.5, 0.6) is 0 Å². The van der Waals surface area contributed by atoms with E-state index in [9.17, 15) is 9.59 Å². The minimum atomic E-state index is -0.257. The van der Waals surface area contributed by atoms with Crippen molar-refractivity contribution in [3.05, 3.63) is 89.1 Å². The van der Waals surface area contributed by atoms with Crippen LogP contribution in [0.1, 0.15) is 61.0 Å². The van der Waals surface area contributed by atoms with Crippen molar-refractivity contribution in [3.63, 3.8) is 0 Å². The van der Waals surface area contributed by atoms with E-state index in [0.717, 1.165) is 47.2 Å². The number of hydrogen-bond acceptors (Lipinski definition) is 5. The predicted molar refractivity (Wildman–Crippen MR) is 143 cm³/mol. The van der Waals surface area contributed by atoms with Gasteiger partial charge in [0.1, 0.15) is 0 Å². The number of carbonyl (C=O) groups excluding carboxylic acids is 1. The summed E-state index contributed by atoms with van der Waals surface area (Å²) in [6, 6.07) is 16.1. The summed E-state index contributed by atoms with van der Waals surface area (Å²) < 4.78 is 3.06. The van der Waals surface area contributed by atoms with Gasteiger partial charge in [-0.1, -0.05) is 73.9 Å². The van der Waals surface area contributed by atoms with Gasteiger partial charge in [0, 0.05) is 23.9 Å². The summed E-state index contributed by atoms with van der Waals surface area (Å²) in [4.78, 5) is 26.4. The van der Waals surface area contributed by atoms with Crippen LogP contribution in [0.25, 0.3) is 22.5 Å². The number of carbonyl (C=O) groups is 1. The number of rotatable bonds is 9. The second-order valence-corrected chi connectivity index (χ2v) is 9.78. The van der Waals surface area contributed by atoms with Gasteiger partial charge in [0.25, 0.3) is 0 Å². The van der Waals surface area contributed by atoms with Crippen LogP contribution in [0.2, 0.25) is 0 Å². The van der Waals surface area contributed by atoms with Crippen LogP contribution in [0, 0.1) is 5.92 Å². The lowest BCUT2D eigenvalue weighted by Gasteiger charge is -2.20. The first-order valence-corrected chi connectivity index (χ1v) is 13.0. The fourth-order valence-electron chi connectivity index (χ4n) is 5.25. The predicted octanol–water partition coefficient (Wildman–Crippen LogP) is 5.27. The third-order valence-corrected chi connectivity index (χ3v) is 7.26. The molecule has 1 saturated carbocycles. The molecule has 0 spiro atoms. The third-order valence-electron chi connectivity index (χ3n) is 7.26. The Bertz CT molecular complexity index is 1410. The fourth-order valence-corrected chi connectivity index (χ4v) is 5.25. The summed E-state index contributed by atoms with van der Waals surface area (Å²) in [5, 5.41) is 14.3. The molecule has 1 aliphatic carbocycles. The summed E-state index contributed by atoms with van der Waals surface area (Å²) in [5.74, 6) is 0.901. The van der Waals surface area contributed by atoms with E-state index in [-0.39, 0.29) is 11.6 Å². The number of hydrogen-bond donors (Lipinski definition) is 1. The average Bonchev–Trinajstić information content (AvgIpc) is 3.57. The van der Waals surface area contributed by atoms with Gasteiger partial charge in [-0.2, -0.15) is 0 Å². The highest BCUT2D eigenvalue weighted by Gasteiger charge is 2.21. The van der Waals surface area contributed by atoms with Crippen molar-refractivity contribution < 1.29 is 4.79 Å². The first-order valence-electron chi connectivity index (χ1n) is 13.0. The molecule has 0 amide bonds. The largest absolute Gasteiger partial charge is 0.335 e. The number of nitrogens with one attached hydrogen (secondary N) is 1. The van der Waals surface area contributed by atoms with E-state index in [1.165, 1.54) is 23.8 Å². The minimum absolute atomic E-state index is 0.0932. The molecule has 4 aromatic rings. The maximum Gasteiger partial charge on any atom is 0.335 e. The van der Waals surface area contributed by atoms with Crippen LogP contribution in [-0.4, -0.2) is 35.7 Å². The number of benzene rings is 2. The average molecular weight is 497 g/mol. The first-order chi connectivity index (χ1) is 18.1. The highest BCUT2D eigenvalue weighted by atomic mass is 16.2. The van der Waals surface area contributed by atoms with Crippen LogP contribution < -0.4 is 5.69 Å². The zero-order chi connectivity index (χ0) is 25.6. The van der Waals surface area contributed by atoms with Gasteiger partial charge < -0.3 is 0 Å². The van der Waals surface area contributed by atoms with Gasteiger partial charge >= 0.3 is 5.69 Å². The summed E-state index contributed by atoms with van der Waals surface area (Å²) in [6.07, 6.45) is 11.2. The third kappa shape index (κ3) is 5.53. The molecular weight excluding hydrogens is 464 g/mol. The Labute approximate surface area is 216 Å². The molecule has 37 heavy (non-hydrogen) atoms. The molecule has 8 heteroatoms. The van der Waals surface area contributed by atoms with Gasteiger partial charge in [0.15, 0.2) is 5.82 Å². The van der Waals surface area contributed by atoms with E-state index in [1.54, 1.807) is 10.8 Å². The summed E-state index contributed by atoms with van der Waals surface area (Å²) in [6.45, 7) is 4.23. The first kappa shape index (κ1) is 24.6. The van der Waals surface area contributed by atoms with E-state index in [0.29, 0.717) is 31.1 Å². The van der Waals surface area contributed by atoms with Crippen molar-refractivity contribution in [1.82, 2.24) is 29.8 Å². The number of imidazole rings is 1. The van der Waals surface area contributed by atoms with E-state index in [2.05, 4.69) is 27.2 Å². The summed E-state index contributed by atoms with van der Waals surface area (Å²) >= 11 is 0. The number of aromatic nitrogens is 6. The minimum Gasteiger partial charge on any atom is -0.292 e. The molecule has 2 aromatic heterocycles. The number of nitrogens with zero attached hydrogens (tertiary/aromatic N) is 5. The van der Waals surface area contributed by atoms with Crippen LogP contribution in [0.15, 0.2) is 72.2 Å². The molecule has 0 radical (unpaired) electrons. The van der Waals surface area contributed by atoms with Gasteiger partial charge in [-0.3, -0.25) is 9.36 Å². The zero-order valence-electron chi connectivity index (χ0n) is 21.0. The molecule has 5 rings (SSSR count). The Hall–Kier alpha value is -4.07. The molecule has 0 atom stereocenters. The van der Waals surface area contributed by atoms with Crippen molar-refractivity contribution in [3.8, 4) is 22.5 Å². The summed E-state index contributed by atoms with van der Waals surface area (Å²) in [5.41, 5.74) is 4.53. The SMILES string of the molecule is C=CCCc1cn(C(=O)CC2CCCCC2)c(=O)n1Cc1ccc(-c2ccccc2-c2nnn[nH]2)cc1. The van der Waals surface area contributed by atoms with Crippen LogP contribution in [-0.2, 0) is 13.0 Å². The van der Waals surface area contributed by atoms with Crippen molar-refractivity contribution in [2.75, 3.05) is 0 Å². The zero-order valence-corrected chi connectivity index (χ0v) is 21.0. The van der Waals surface area contributed by atoms with Gasteiger partial charge in [-0.05, 0) is 58.7 Å². The Morgan fingerprint density at radius 3 is 2.51 bits per heavy atom. The van der Waals surface area contributed by atoms with E-state index >= 15 is 0 Å². The quantitative estimate of drug-likeness (QED) is 0.318. The van der Waals surface area contributed by atoms with Crippen LogP contribution in [0.3, 0.4) is 0 Å². The molecule has 0 aliphatic heterocycles. The molecule has 1 N–H and O–H groups in total. The number of aromatic amines is 1. The maximum atomic E-state index is 13.4. The van der Waals surface area contributed by atoms with Crippen molar-refractivity contribution in [1.29, 1.82) is 0 Å². The number of aryl methyl sites for hydroxylation is 1. The Morgan fingerprint density at radius 2 is 1.81 bits per heavy atom. The number of allylic oxidation sites excluding steroid dienone is 1. The Kier molecular flexibility index (Phi) is 7.54.